The average Bonchev–Trinajstić information content (AvgIpc) is 3.14. The van der Waals surface area contributed by atoms with Crippen molar-refractivity contribution in [1.82, 2.24) is 4.98 Å². The topological polar surface area (TPSA) is 106 Å². The molecule has 1 aliphatic rings. The van der Waals surface area contributed by atoms with E-state index in [-0.39, 0.29) is 35.4 Å². The molecule has 1 unspecified atom stereocenters. The number of ether oxygens (including phenoxy) is 2. The van der Waals surface area contributed by atoms with Crippen molar-refractivity contribution in [3.63, 3.8) is 0 Å². The Balaban J connectivity index is 1.81. The fourth-order valence-electron chi connectivity index (χ4n) is 4.21. The van der Waals surface area contributed by atoms with E-state index in [4.69, 9.17) is 21.1 Å². The number of pyridine rings is 1. The van der Waals surface area contributed by atoms with Crippen LogP contribution >= 0.6 is 11.6 Å². The summed E-state index contributed by atoms with van der Waals surface area (Å²) >= 11 is 6.15. The number of anilines is 1. The maximum absolute atomic E-state index is 13.3. The highest BCUT2D eigenvalue weighted by Gasteiger charge is 2.47. The van der Waals surface area contributed by atoms with Crippen LogP contribution in [0.15, 0.2) is 72.6 Å². The molecule has 1 fully saturated rings. The van der Waals surface area contributed by atoms with Crippen LogP contribution in [0, 0.1) is 0 Å². The van der Waals surface area contributed by atoms with E-state index in [1.165, 1.54) is 24.3 Å². The lowest BCUT2D eigenvalue weighted by atomic mass is 9.95. The molecule has 190 valence electrons. The number of nitrogens with zero attached hydrogens (tertiary/aromatic N) is 2. The fraction of sp³-hybridized carbons (Fsp3) is 0.214. The molecule has 0 spiro atoms. The average molecular weight is 521 g/mol. The predicted octanol–water partition coefficient (Wildman–Crippen LogP) is 4.86. The third-order valence-corrected chi connectivity index (χ3v) is 6.03. The normalized spacial score (nSPS) is 16.8. The van der Waals surface area contributed by atoms with E-state index in [2.05, 4.69) is 4.98 Å². The van der Waals surface area contributed by atoms with Crippen LogP contribution in [0.2, 0.25) is 5.02 Å². The Bertz CT molecular complexity index is 1370. The zero-order valence-corrected chi connectivity index (χ0v) is 21.2. The number of carbonyl (C=O) groups is 3. The molecule has 0 radical (unpaired) electrons. The first-order valence-corrected chi connectivity index (χ1v) is 11.9. The molecule has 2 heterocycles. The molecule has 0 saturated carbocycles. The van der Waals surface area contributed by atoms with Gasteiger partial charge in [-0.2, -0.15) is 0 Å². The van der Waals surface area contributed by atoms with Crippen molar-refractivity contribution in [2.75, 3.05) is 12.0 Å². The van der Waals surface area contributed by atoms with E-state index in [0.29, 0.717) is 21.8 Å². The first-order valence-electron chi connectivity index (χ1n) is 11.5. The van der Waals surface area contributed by atoms with Crippen molar-refractivity contribution in [1.29, 1.82) is 0 Å². The van der Waals surface area contributed by atoms with Gasteiger partial charge in [0.05, 0.1) is 36.8 Å². The van der Waals surface area contributed by atoms with Crippen LogP contribution in [0.5, 0.6) is 5.75 Å². The van der Waals surface area contributed by atoms with Gasteiger partial charge in [-0.1, -0.05) is 29.8 Å². The molecule has 1 aliphatic heterocycles. The standard InChI is InChI=1S/C28H25ClN2O6/c1-16(2)37-23(32)13-17-6-9-20(10-7-17)31-25(18-5-4-12-30-15-18)24(27(34)28(31)35)26(33)21-14-19(29)8-11-22(21)36-3/h4-12,14-16,25,33H,13H2,1-3H3/b26-24+. The number of esters is 1. The number of carbonyl (C=O) groups excluding carboxylic acids is 3. The summed E-state index contributed by atoms with van der Waals surface area (Å²) in [4.78, 5) is 44.1. The molecule has 4 rings (SSSR count). The number of ketones is 1. The number of rotatable bonds is 7. The number of aliphatic hydroxyl groups excluding tert-OH is 1. The highest BCUT2D eigenvalue weighted by Crippen LogP contribution is 2.43. The van der Waals surface area contributed by atoms with Crippen molar-refractivity contribution >= 4 is 40.7 Å². The zero-order chi connectivity index (χ0) is 26.7. The summed E-state index contributed by atoms with van der Waals surface area (Å²) in [5.74, 6) is -2.17. The lowest BCUT2D eigenvalue weighted by molar-refractivity contribution is -0.146. The second-order valence-electron chi connectivity index (χ2n) is 8.68. The number of hydrogen-bond donors (Lipinski definition) is 1. The van der Waals surface area contributed by atoms with E-state index >= 15 is 0 Å². The van der Waals surface area contributed by atoms with E-state index < -0.39 is 23.5 Å². The summed E-state index contributed by atoms with van der Waals surface area (Å²) in [7, 11) is 1.43. The predicted molar refractivity (Wildman–Crippen MR) is 138 cm³/mol. The van der Waals surface area contributed by atoms with Gasteiger partial charge in [-0.25, -0.2) is 0 Å². The zero-order valence-electron chi connectivity index (χ0n) is 20.5. The molecular formula is C28H25ClN2O6. The van der Waals surface area contributed by atoms with E-state index in [1.54, 1.807) is 68.6 Å². The Labute approximate surface area is 219 Å². The number of halogens is 1. The van der Waals surface area contributed by atoms with E-state index in [0.717, 1.165) is 0 Å². The summed E-state index contributed by atoms with van der Waals surface area (Å²) in [6.45, 7) is 3.55. The third-order valence-electron chi connectivity index (χ3n) is 5.79. The molecule has 1 atom stereocenters. The van der Waals surface area contributed by atoms with Crippen LogP contribution in [-0.4, -0.2) is 41.0 Å². The van der Waals surface area contributed by atoms with Gasteiger partial charge in [-0.05, 0) is 61.4 Å². The molecule has 3 aromatic rings. The van der Waals surface area contributed by atoms with Gasteiger partial charge in [0.2, 0.25) is 0 Å². The molecule has 1 saturated heterocycles. The lowest BCUT2D eigenvalue weighted by Gasteiger charge is -2.25. The number of benzene rings is 2. The summed E-state index contributed by atoms with van der Waals surface area (Å²) in [6.07, 6.45) is 2.94. The molecule has 1 N–H and O–H groups in total. The molecule has 0 bridgehead atoms. The van der Waals surface area contributed by atoms with Crippen molar-refractivity contribution in [3.8, 4) is 5.75 Å². The Hall–Kier alpha value is -4.17. The lowest BCUT2D eigenvalue weighted by Crippen LogP contribution is -2.29. The molecule has 1 amide bonds. The number of methoxy groups -OCH3 is 1. The number of aromatic nitrogens is 1. The quantitative estimate of drug-likeness (QED) is 0.205. The summed E-state index contributed by atoms with van der Waals surface area (Å²) in [5, 5.41) is 11.6. The Kier molecular flexibility index (Phi) is 7.59. The van der Waals surface area contributed by atoms with Crippen LogP contribution in [0.3, 0.4) is 0 Å². The minimum atomic E-state index is -0.964. The van der Waals surface area contributed by atoms with Crippen molar-refractivity contribution < 1.29 is 29.0 Å². The maximum Gasteiger partial charge on any atom is 0.310 e. The van der Waals surface area contributed by atoms with E-state index in [9.17, 15) is 19.5 Å². The molecule has 2 aromatic carbocycles. The Morgan fingerprint density at radius 3 is 2.49 bits per heavy atom. The molecule has 0 aliphatic carbocycles. The summed E-state index contributed by atoms with van der Waals surface area (Å²) < 4.78 is 10.5. The Morgan fingerprint density at radius 2 is 1.86 bits per heavy atom. The highest BCUT2D eigenvalue weighted by molar-refractivity contribution is 6.51. The van der Waals surface area contributed by atoms with Gasteiger partial charge in [0.1, 0.15) is 11.5 Å². The molecule has 9 heteroatoms. The monoisotopic (exact) mass is 520 g/mol. The molecule has 8 nitrogen and oxygen atoms in total. The van der Waals surface area contributed by atoms with Gasteiger partial charge in [-0.3, -0.25) is 24.3 Å². The Morgan fingerprint density at radius 1 is 1.14 bits per heavy atom. The molecule has 1 aromatic heterocycles. The van der Waals surface area contributed by atoms with Crippen LogP contribution in [0.25, 0.3) is 5.76 Å². The first-order chi connectivity index (χ1) is 17.7. The minimum Gasteiger partial charge on any atom is -0.507 e. The van der Waals surface area contributed by atoms with Gasteiger partial charge >= 0.3 is 5.97 Å². The van der Waals surface area contributed by atoms with Gasteiger partial charge in [0.15, 0.2) is 0 Å². The smallest absolute Gasteiger partial charge is 0.310 e. The highest BCUT2D eigenvalue weighted by atomic mass is 35.5. The van der Waals surface area contributed by atoms with Crippen molar-refractivity contribution in [2.45, 2.75) is 32.4 Å². The maximum atomic E-state index is 13.3. The minimum absolute atomic E-state index is 0.0673. The number of Topliss-reactive ketones (excluding diaryl/α,β-unsaturated/α-hetero) is 1. The van der Waals surface area contributed by atoms with Crippen LogP contribution in [0.4, 0.5) is 5.69 Å². The summed E-state index contributed by atoms with van der Waals surface area (Å²) in [5.41, 5.74) is 1.68. The second kappa shape index (κ2) is 10.8. The third kappa shape index (κ3) is 5.34. The van der Waals surface area contributed by atoms with Gasteiger partial charge in [-0.15, -0.1) is 0 Å². The fourth-order valence-corrected chi connectivity index (χ4v) is 4.38. The number of hydrogen-bond acceptors (Lipinski definition) is 7. The largest absolute Gasteiger partial charge is 0.507 e. The molecular weight excluding hydrogens is 496 g/mol. The van der Waals surface area contributed by atoms with Gasteiger partial charge < -0.3 is 14.6 Å². The summed E-state index contributed by atoms with van der Waals surface area (Å²) in [6, 6.07) is 13.7. The van der Waals surface area contributed by atoms with Gasteiger partial charge in [0, 0.05) is 23.1 Å². The first kappa shape index (κ1) is 25.9. The number of aliphatic hydroxyl groups is 1. The molecule has 37 heavy (non-hydrogen) atoms. The SMILES string of the molecule is COc1ccc(Cl)cc1/C(O)=C1\C(=O)C(=O)N(c2ccc(CC(=O)OC(C)C)cc2)C1c1cccnc1. The van der Waals surface area contributed by atoms with Crippen molar-refractivity contribution in [2.24, 2.45) is 0 Å². The van der Waals surface area contributed by atoms with E-state index in [1.807, 2.05) is 0 Å². The van der Waals surface area contributed by atoms with Crippen LogP contribution in [-0.2, 0) is 25.5 Å². The van der Waals surface area contributed by atoms with Crippen molar-refractivity contribution in [3.05, 3.63) is 94.3 Å². The second-order valence-corrected chi connectivity index (χ2v) is 9.12. The van der Waals surface area contributed by atoms with Crippen LogP contribution in [0.1, 0.15) is 36.6 Å². The number of amides is 1. The van der Waals surface area contributed by atoms with Gasteiger partial charge in [0.25, 0.3) is 11.7 Å². The van der Waals surface area contributed by atoms with Crippen LogP contribution < -0.4 is 9.64 Å².